The summed E-state index contributed by atoms with van der Waals surface area (Å²) in [6.07, 6.45) is 2.65. The van der Waals surface area contributed by atoms with Crippen molar-refractivity contribution in [1.82, 2.24) is 0 Å². The molecule has 2 aromatic carbocycles. The molecule has 0 aliphatic heterocycles. The summed E-state index contributed by atoms with van der Waals surface area (Å²) in [5.74, 6) is -0.0986. The Kier molecular flexibility index (Phi) is 8.05. The van der Waals surface area contributed by atoms with Crippen LogP contribution in [0.3, 0.4) is 0 Å². The van der Waals surface area contributed by atoms with Crippen molar-refractivity contribution in [1.29, 1.82) is 0 Å². The van der Waals surface area contributed by atoms with Gasteiger partial charge in [0.05, 0.1) is 6.61 Å². The lowest BCUT2D eigenvalue weighted by atomic mass is 10.0. The van der Waals surface area contributed by atoms with Gasteiger partial charge >= 0.3 is 5.97 Å². The van der Waals surface area contributed by atoms with E-state index in [1.165, 1.54) is 5.56 Å². The van der Waals surface area contributed by atoms with Crippen LogP contribution in [0.5, 0.6) is 0 Å². The number of unbranched alkanes of at least 4 members (excludes halogenated alkanes) is 1. The Balaban J connectivity index is 1.91. The van der Waals surface area contributed by atoms with Gasteiger partial charge in [-0.2, -0.15) is 0 Å². The van der Waals surface area contributed by atoms with Gasteiger partial charge in [-0.25, -0.2) is 4.79 Å². The van der Waals surface area contributed by atoms with E-state index >= 15 is 0 Å². The van der Waals surface area contributed by atoms with Crippen LogP contribution in [0.4, 0.5) is 5.69 Å². The molecule has 0 heterocycles. The fraction of sp³-hybridized carbons (Fsp3) is 0.391. The summed E-state index contributed by atoms with van der Waals surface area (Å²) >= 11 is 0. The number of rotatable bonds is 10. The largest absolute Gasteiger partial charge is 0.464 e. The van der Waals surface area contributed by atoms with Crippen LogP contribution in [-0.4, -0.2) is 24.4 Å². The highest BCUT2D eigenvalue weighted by Crippen LogP contribution is 2.21. The van der Waals surface area contributed by atoms with Crippen LogP contribution in [0.25, 0.3) is 0 Å². The fourth-order valence-corrected chi connectivity index (χ4v) is 2.99. The normalized spacial score (nSPS) is 11.7. The number of carbonyl (C=O) groups is 2. The molecule has 0 spiro atoms. The van der Waals surface area contributed by atoms with Crippen LogP contribution in [0, 0.1) is 13.8 Å². The van der Waals surface area contributed by atoms with E-state index in [2.05, 4.69) is 18.3 Å². The van der Waals surface area contributed by atoms with Gasteiger partial charge in [-0.05, 0) is 50.8 Å². The maximum atomic E-state index is 12.3. The van der Waals surface area contributed by atoms with E-state index < -0.39 is 6.04 Å². The lowest BCUT2D eigenvalue weighted by Gasteiger charge is -2.20. The lowest BCUT2D eigenvalue weighted by molar-refractivity contribution is -0.144. The molecule has 2 aromatic rings. The zero-order valence-corrected chi connectivity index (χ0v) is 16.5. The van der Waals surface area contributed by atoms with E-state index in [1.807, 2.05) is 56.3 Å². The number of ether oxygens (including phenoxy) is 1. The summed E-state index contributed by atoms with van der Waals surface area (Å²) in [5, 5.41) is 3.33. The van der Waals surface area contributed by atoms with Crippen molar-refractivity contribution < 1.29 is 14.3 Å². The smallest absolute Gasteiger partial charge is 0.328 e. The maximum absolute atomic E-state index is 12.3. The average molecular weight is 367 g/mol. The molecule has 0 bridgehead atoms. The minimum Gasteiger partial charge on any atom is -0.464 e. The first-order valence-electron chi connectivity index (χ1n) is 9.60. The number of carbonyl (C=O) groups excluding carboxylic acids is 2. The lowest BCUT2D eigenvalue weighted by Crippen LogP contribution is -2.31. The second kappa shape index (κ2) is 10.5. The number of anilines is 1. The van der Waals surface area contributed by atoms with Gasteiger partial charge in [0.2, 0.25) is 0 Å². The van der Waals surface area contributed by atoms with Crippen molar-refractivity contribution >= 4 is 17.4 Å². The van der Waals surface area contributed by atoms with Crippen molar-refractivity contribution in [2.24, 2.45) is 0 Å². The van der Waals surface area contributed by atoms with Crippen molar-refractivity contribution in [2.45, 2.75) is 52.5 Å². The molecule has 144 valence electrons. The summed E-state index contributed by atoms with van der Waals surface area (Å²) in [6, 6.07) is 14.9. The molecule has 1 N–H and O–H groups in total. The molecular formula is C23H29NO3. The second-order valence-electron chi connectivity index (χ2n) is 6.73. The Morgan fingerprint density at radius 3 is 2.44 bits per heavy atom. The van der Waals surface area contributed by atoms with Gasteiger partial charge in [0.15, 0.2) is 5.78 Å². The van der Waals surface area contributed by atoms with Gasteiger partial charge < -0.3 is 10.1 Å². The van der Waals surface area contributed by atoms with E-state index in [9.17, 15) is 9.59 Å². The molecule has 0 fully saturated rings. The summed E-state index contributed by atoms with van der Waals surface area (Å²) in [4.78, 5) is 24.5. The monoisotopic (exact) mass is 367 g/mol. The van der Waals surface area contributed by atoms with E-state index in [4.69, 9.17) is 4.74 Å². The Bertz CT molecular complexity index is 755. The van der Waals surface area contributed by atoms with Crippen LogP contribution in [0.2, 0.25) is 0 Å². The molecule has 0 amide bonds. The number of esters is 1. The Morgan fingerprint density at radius 1 is 1.00 bits per heavy atom. The van der Waals surface area contributed by atoms with Gasteiger partial charge in [-0.15, -0.1) is 0 Å². The van der Waals surface area contributed by atoms with Crippen molar-refractivity contribution in [3.63, 3.8) is 0 Å². The third kappa shape index (κ3) is 6.24. The highest BCUT2D eigenvalue weighted by molar-refractivity contribution is 5.95. The highest BCUT2D eigenvalue weighted by Gasteiger charge is 2.20. The number of Topliss-reactive ketones (excluding diaryl/α,β-unsaturated/α-hetero) is 1. The molecule has 1 atom stereocenters. The molecule has 0 saturated carbocycles. The predicted molar refractivity (Wildman–Crippen MR) is 109 cm³/mol. The summed E-state index contributed by atoms with van der Waals surface area (Å²) in [7, 11) is 0. The van der Waals surface area contributed by atoms with Crippen LogP contribution in [-0.2, 0) is 9.53 Å². The number of nitrogens with one attached hydrogen (secondary N) is 1. The first-order valence-corrected chi connectivity index (χ1v) is 9.60. The Morgan fingerprint density at radius 2 is 1.74 bits per heavy atom. The molecule has 0 aliphatic carbocycles. The fourth-order valence-electron chi connectivity index (χ4n) is 2.99. The first kappa shape index (κ1) is 20.7. The van der Waals surface area contributed by atoms with Crippen LogP contribution >= 0.6 is 0 Å². The number of hydrogen-bond donors (Lipinski definition) is 1. The quantitative estimate of drug-likeness (QED) is 0.361. The highest BCUT2D eigenvalue weighted by atomic mass is 16.5. The minimum atomic E-state index is -0.405. The van der Waals surface area contributed by atoms with Gasteiger partial charge in [-0.1, -0.05) is 48.9 Å². The molecule has 0 aromatic heterocycles. The molecule has 0 radical (unpaired) electrons. The Labute approximate surface area is 161 Å². The van der Waals surface area contributed by atoms with E-state index in [0.29, 0.717) is 19.4 Å². The third-order valence-electron chi connectivity index (χ3n) is 4.75. The van der Waals surface area contributed by atoms with E-state index in [-0.39, 0.29) is 11.8 Å². The molecule has 0 saturated heterocycles. The third-order valence-corrected chi connectivity index (χ3v) is 4.75. The van der Waals surface area contributed by atoms with Crippen molar-refractivity contribution in [3.8, 4) is 0 Å². The standard InChI is InChI=1S/C23H29NO3/c1-4-27-23(26)21(24-20-15-10-11-17(2)18(20)3)14-8-9-16-22(25)19-12-6-5-7-13-19/h5-7,10-13,15,21,24H,4,8-9,14,16H2,1-3H3. The van der Waals surface area contributed by atoms with Crippen LogP contribution in [0.15, 0.2) is 48.5 Å². The number of benzene rings is 2. The SMILES string of the molecule is CCOC(=O)C(CCCCC(=O)c1ccccc1)Nc1cccc(C)c1C. The molecule has 1 unspecified atom stereocenters. The molecular weight excluding hydrogens is 338 g/mol. The van der Waals surface area contributed by atoms with Gasteiger partial charge in [0.25, 0.3) is 0 Å². The van der Waals surface area contributed by atoms with Crippen LogP contribution in [0.1, 0.15) is 54.1 Å². The van der Waals surface area contributed by atoms with Crippen LogP contribution < -0.4 is 5.32 Å². The van der Waals surface area contributed by atoms with Crippen molar-refractivity contribution in [3.05, 3.63) is 65.2 Å². The molecule has 4 nitrogen and oxygen atoms in total. The zero-order chi connectivity index (χ0) is 19.6. The Hall–Kier alpha value is -2.62. The second-order valence-corrected chi connectivity index (χ2v) is 6.73. The van der Waals surface area contributed by atoms with Gasteiger partial charge in [0, 0.05) is 17.7 Å². The molecule has 27 heavy (non-hydrogen) atoms. The molecule has 4 heteroatoms. The first-order chi connectivity index (χ1) is 13.0. The summed E-state index contributed by atoms with van der Waals surface area (Å²) in [5.41, 5.74) is 4.00. The summed E-state index contributed by atoms with van der Waals surface area (Å²) < 4.78 is 5.23. The minimum absolute atomic E-state index is 0.144. The van der Waals surface area contributed by atoms with Gasteiger partial charge in [-0.3, -0.25) is 4.79 Å². The summed E-state index contributed by atoms with van der Waals surface area (Å²) in [6.45, 7) is 6.26. The topological polar surface area (TPSA) is 55.4 Å². The number of aryl methyl sites for hydroxylation is 1. The van der Waals surface area contributed by atoms with Crippen molar-refractivity contribution in [2.75, 3.05) is 11.9 Å². The zero-order valence-electron chi connectivity index (χ0n) is 16.5. The number of hydrogen-bond acceptors (Lipinski definition) is 4. The van der Waals surface area contributed by atoms with Gasteiger partial charge in [0.1, 0.15) is 6.04 Å². The number of ketones is 1. The van der Waals surface area contributed by atoms with E-state index in [1.54, 1.807) is 0 Å². The molecule has 2 rings (SSSR count). The maximum Gasteiger partial charge on any atom is 0.328 e. The molecule has 0 aliphatic rings. The predicted octanol–water partition coefficient (Wildman–Crippen LogP) is 5.09. The average Bonchev–Trinajstić information content (AvgIpc) is 2.68. The van der Waals surface area contributed by atoms with E-state index in [0.717, 1.165) is 29.7 Å².